The van der Waals surface area contributed by atoms with Gasteiger partial charge in [0.15, 0.2) is 0 Å². The van der Waals surface area contributed by atoms with Crippen molar-refractivity contribution in [1.82, 2.24) is 4.90 Å². The van der Waals surface area contributed by atoms with Crippen molar-refractivity contribution in [2.75, 3.05) is 7.05 Å². The van der Waals surface area contributed by atoms with E-state index in [0.29, 0.717) is 6.04 Å². The van der Waals surface area contributed by atoms with Gasteiger partial charge in [-0.15, -0.1) is 0 Å². The number of rotatable bonds is 0. The van der Waals surface area contributed by atoms with Crippen LogP contribution in [-0.4, -0.2) is 18.0 Å². The Labute approximate surface area is 91.8 Å². The molecule has 0 spiro atoms. The molecule has 0 bridgehead atoms. The molecule has 2 nitrogen and oxygen atoms in total. The van der Waals surface area contributed by atoms with Gasteiger partial charge in [-0.2, -0.15) is 0 Å². The molecule has 0 aromatic heterocycles. The number of likely N-dealkylation sites (N-methyl/N-ethyl adjacent to an activating group) is 1. The average molecular weight is 204 g/mol. The first-order valence-corrected chi connectivity index (χ1v) is 6.23. The fourth-order valence-corrected chi connectivity index (χ4v) is 3.52. The molecular weight excluding hydrogens is 184 g/mol. The summed E-state index contributed by atoms with van der Waals surface area (Å²) in [6.45, 7) is 0. The molecule has 1 unspecified atom stereocenters. The predicted octanol–water partition coefficient (Wildman–Crippen LogP) is 2.53. The number of nitrogens with two attached hydrogens (primary N) is 1. The smallest absolute Gasteiger partial charge is 0.0519 e. The Morgan fingerprint density at radius 2 is 1.93 bits per heavy atom. The van der Waals surface area contributed by atoms with Crippen molar-refractivity contribution in [3.8, 4) is 0 Å². The van der Waals surface area contributed by atoms with Crippen LogP contribution in [0.3, 0.4) is 0 Å². The van der Waals surface area contributed by atoms with Gasteiger partial charge in [-0.3, -0.25) is 0 Å². The van der Waals surface area contributed by atoms with Crippen molar-refractivity contribution in [2.45, 2.75) is 51.0 Å². The van der Waals surface area contributed by atoms with Crippen LogP contribution >= 0.6 is 0 Å². The van der Waals surface area contributed by atoms with Gasteiger partial charge in [0, 0.05) is 18.4 Å². The summed E-state index contributed by atoms with van der Waals surface area (Å²) >= 11 is 0. The van der Waals surface area contributed by atoms with E-state index >= 15 is 0 Å². The zero-order valence-corrected chi connectivity index (χ0v) is 9.55. The molecule has 3 rings (SSSR count). The van der Waals surface area contributed by atoms with Crippen LogP contribution in [0.15, 0.2) is 22.5 Å². The van der Waals surface area contributed by atoms with Crippen LogP contribution in [-0.2, 0) is 0 Å². The standard InChI is InChI=1S/C13H20N2/c1-15-11-7-3-2-5-9(11)13(14)10-6-4-8-12(10)15/h12H,2-8,14H2,1H3. The van der Waals surface area contributed by atoms with Crippen LogP contribution < -0.4 is 5.73 Å². The van der Waals surface area contributed by atoms with Gasteiger partial charge in [-0.25, -0.2) is 0 Å². The molecule has 2 aliphatic carbocycles. The molecule has 0 aromatic rings. The highest BCUT2D eigenvalue weighted by molar-refractivity contribution is 5.44. The summed E-state index contributed by atoms with van der Waals surface area (Å²) in [6.07, 6.45) is 8.99. The first-order valence-electron chi connectivity index (χ1n) is 6.23. The first kappa shape index (κ1) is 9.32. The van der Waals surface area contributed by atoms with Gasteiger partial charge in [0.05, 0.1) is 6.04 Å². The molecule has 2 heteroatoms. The second-order valence-electron chi connectivity index (χ2n) is 5.09. The number of hydrogen-bond donors (Lipinski definition) is 1. The van der Waals surface area contributed by atoms with Gasteiger partial charge in [0.25, 0.3) is 0 Å². The highest BCUT2D eigenvalue weighted by Gasteiger charge is 2.34. The molecule has 1 fully saturated rings. The fraction of sp³-hybridized carbons (Fsp3) is 0.692. The summed E-state index contributed by atoms with van der Waals surface area (Å²) in [4.78, 5) is 2.52. The third-order valence-electron chi connectivity index (χ3n) is 4.33. The lowest BCUT2D eigenvalue weighted by molar-refractivity contribution is 0.308. The second kappa shape index (κ2) is 3.29. The minimum atomic E-state index is 0.641. The Balaban J connectivity index is 2.08. The minimum Gasteiger partial charge on any atom is -0.398 e. The Bertz CT molecular complexity index is 352. The Morgan fingerprint density at radius 3 is 2.80 bits per heavy atom. The summed E-state index contributed by atoms with van der Waals surface area (Å²) < 4.78 is 0. The number of allylic oxidation sites excluding steroid dienone is 2. The Kier molecular flexibility index (Phi) is 2.04. The van der Waals surface area contributed by atoms with Gasteiger partial charge in [0.1, 0.15) is 0 Å². The van der Waals surface area contributed by atoms with E-state index in [9.17, 15) is 0 Å². The third-order valence-corrected chi connectivity index (χ3v) is 4.33. The summed E-state index contributed by atoms with van der Waals surface area (Å²) in [7, 11) is 2.27. The van der Waals surface area contributed by atoms with E-state index in [1.165, 1.54) is 61.8 Å². The quantitative estimate of drug-likeness (QED) is 0.657. The van der Waals surface area contributed by atoms with E-state index in [1.54, 1.807) is 5.70 Å². The topological polar surface area (TPSA) is 29.3 Å². The maximum Gasteiger partial charge on any atom is 0.0519 e. The fourth-order valence-electron chi connectivity index (χ4n) is 3.52. The maximum atomic E-state index is 6.33. The minimum absolute atomic E-state index is 0.641. The largest absolute Gasteiger partial charge is 0.398 e. The van der Waals surface area contributed by atoms with Gasteiger partial charge < -0.3 is 10.6 Å². The van der Waals surface area contributed by atoms with Crippen molar-refractivity contribution >= 4 is 0 Å². The van der Waals surface area contributed by atoms with Crippen molar-refractivity contribution in [3.63, 3.8) is 0 Å². The van der Waals surface area contributed by atoms with Crippen molar-refractivity contribution in [3.05, 3.63) is 22.5 Å². The molecule has 0 amide bonds. The van der Waals surface area contributed by atoms with E-state index in [0.717, 1.165) is 0 Å². The number of nitrogens with zero attached hydrogens (tertiary/aromatic N) is 1. The molecule has 15 heavy (non-hydrogen) atoms. The molecule has 2 N–H and O–H groups in total. The Morgan fingerprint density at radius 1 is 1.13 bits per heavy atom. The van der Waals surface area contributed by atoms with Gasteiger partial charge in [-0.1, -0.05) is 0 Å². The van der Waals surface area contributed by atoms with Crippen LogP contribution in [0.25, 0.3) is 0 Å². The highest BCUT2D eigenvalue weighted by atomic mass is 15.2. The zero-order valence-electron chi connectivity index (χ0n) is 9.55. The molecule has 3 aliphatic rings. The van der Waals surface area contributed by atoms with E-state index in [-0.39, 0.29) is 0 Å². The summed E-state index contributed by atoms with van der Waals surface area (Å²) in [6, 6.07) is 0.641. The van der Waals surface area contributed by atoms with E-state index in [4.69, 9.17) is 5.73 Å². The molecular formula is C13H20N2. The molecule has 0 saturated heterocycles. The van der Waals surface area contributed by atoms with Gasteiger partial charge in [0.2, 0.25) is 0 Å². The maximum absolute atomic E-state index is 6.33. The van der Waals surface area contributed by atoms with E-state index < -0.39 is 0 Å². The highest BCUT2D eigenvalue weighted by Crippen LogP contribution is 2.42. The van der Waals surface area contributed by atoms with Crippen LogP contribution in [0, 0.1) is 0 Å². The van der Waals surface area contributed by atoms with Crippen LogP contribution in [0.5, 0.6) is 0 Å². The van der Waals surface area contributed by atoms with Crippen molar-refractivity contribution < 1.29 is 0 Å². The summed E-state index contributed by atoms with van der Waals surface area (Å²) in [5, 5.41) is 0. The molecule has 1 heterocycles. The number of hydrogen-bond acceptors (Lipinski definition) is 2. The lowest BCUT2D eigenvalue weighted by atomic mass is 9.86. The average Bonchev–Trinajstić information content (AvgIpc) is 2.75. The molecule has 1 aliphatic heterocycles. The molecule has 1 atom stereocenters. The lowest BCUT2D eigenvalue weighted by Crippen LogP contribution is -2.37. The third kappa shape index (κ3) is 1.23. The van der Waals surface area contributed by atoms with Crippen LogP contribution in [0.2, 0.25) is 0 Å². The monoisotopic (exact) mass is 204 g/mol. The van der Waals surface area contributed by atoms with Gasteiger partial charge >= 0.3 is 0 Å². The zero-order chi connectivity index (χ0) is 10.4. The van der Waals surface area contributed by atoms with Crippen molar-refractivity contribution in [1.29, 1.82) is 0 Å². The summed E-state index contributed by atoms with van der Waals surface area (Å²) in [5.41, 5.74) is 12.1. The van der Waals surface area contributed by atoms with Crippen LogP contribution in [0.1, 0.15) is 44.9 Å². The second-order valence-corrected chi connectivity index (χ2v) is 5.09. The molecule has 0 aromatic carbocycles. The molecule has 1 saturated carbocycles. The van der Waals surface area contributed by atoms with E-state index in [1.807, 2.05) is 0 Å². The predicted molar refractivity (Wildman–Crippen MR) is 62.1 cm³/mol. The van der Waals surface area contributed by atoms with Crippen LogP contribution in [0.4, 0.5) is 0 Å². The number of fused-ring (bicyclic) bond motifs is 1. The Hall–Kier alpha value is -0.920. The van der Waals surface area contributed by atoms with Crippen molar-refractivity contribution in [2.24, 2.45) is 5.73 Å². The first-order chi connectivity index (χ1) is 7.29. The van der Waals surface area contributed by atoms with Gasteiger partial charge in [-0.05, 0) is 56.1 Å². The SMILES string of the molecule is CN1C2=C(CCCC2)C(N)=C2CCCC21. The summed E-state index contributed by atoms with van der Waals surface area (Å²) in [5.74, 6) is 0. The molecule has 82 valence electrons. The molecule has 0 radical (unpaired) electrons. The van der Waals surface area contributed by atoms with E-state index in [2.05, 4.69) is 11.9 Å². The normalized spacial score (nSPS) is 30.7. The lowest BCUT2D eigenvalue weighted by Gasteiger charge is -2.39.